The molecule has 4 nitrogen and oxygen atoms in total. The number of aliphatic hydroxyl groups excluding tert-OH is 1. The Hall–Kier alpha value is -0.630. The highest BCUT2D eigenvalue weighted by atomic mass is 32.2. The smallest absolute Gasteiger partial charge is 0.240 e. The molecule has 0 amide bonds. The van der Waals surface area contributed by atoms with E-state index in [0.717, 1.165) is 6.07 Å². The molecule has 1 rings (SSSR count). The van der Waals surface area contributed by atoms with Crippen molar-refractivity contribution < 1.29 is 17.9 Å². The molecule has 1 aromatic carbocycles. The Morgan fingerprint density at radius 1 is 1.47 bits per heavy atom. The Kier molecular flexibility index (Phi) is 5.79. The van der Waals surface area contributed by atoms with Crippen LogP contribution in [0.15, 0.2) is 17.0 Å². The fraction of sp³-hybridized carbons (Fsp3) is 0.500. The lowest BCUT2D eigenvalue weighted by Crippen LogP contribution is -2.34. The first-order valence-electron chi connectivity index (χ1n) is 5.73. The molecule has 1 aromatic rings. The van der Waals surface area contributed by atoms with Gasteiger partial charge in [-0.1, -0.05) is 0 Å². The van der Waals surface area contributed by atoms with E-state index in [9.17, 15) is 12.8 Å². The maximum absolute atomic E-state index is 13.6. The monoisotopic (exact) mass is 307 g/mol. The van der Waals surface area contributed by atoms with Gasteiger partial charge in [0.2, 0.25) is 10.0 Å². The van der Waals surface area contributed by atoms with Gasteiger partial charge in [0.25, 0.3) is 0 Å². The van der Waals surface area contributed by atoms with Gasteiger partial charge in [-0.2, -0.15) is 11.8 Å². The zero-order valence-electron chi connectivity index (χ0n) is 11.1. The molecule has 0 spiro atoms. The zero-order chi connectivity index (χ0) is 14.6. The molecule has 0 saturated carbocycles. The number of hydrogen-bond donors (Lipinski definition) is 2. The van der Waals surface area contributed by atoms with Gasteiger partial charge in [-0.15, -0.1) is 0 Å². The molecule has 0 radical (unpaired) electrons. The van der Waals surface area contributed by atoms with E-state index in [4.69, 9.17) is 5.11 Å². The van der Waals surface area contributed by atoms with Crippen molar-refractivity contribution in [3.63, 3.8) is 0 Å². The average Bonchev–Trinajstić information content (AvgIpc) is 2.31. The van der Waals surface area contributed by atoms with Crippen molar-refractivity contribution in [3.05, 3.63) is 29.1 Å². The third kappa shape index (κ3) is 4.17. The summed E-state index contributed by atoms with van der Waals surface area (Å²) in [6, 6.07) is 2.21. The van der Waals surface area contributed by atoms with Crippen molar-refractivity contribution in [2.24, 2.45) is 0 Å². The largest absolute Gasteiger partial charge is 0.392 e. The number of halogens is 1. The Balaban J connectivity index is 3.11. The number of aryl methyl sites for hydroxylation is 1. The van der Waals surface area contributed by atoms with Gasteiger partial charge >= 0.3 is 0 Å². The number of rotatable bonds is 6. The average molecular weight is 307 g/mol. The molecule has 0 aliphatic rings. The van der Waals surface area contributed by atoms with Crippen LogP contribution >= 0.6 is 11.8 Å². The van der Waals surface area contributed by atoms with Gasteiger partial charge in [0.05, 0.1) is 11.5 Å². The number of aliphatic hydroxyl groups is 1. The molecule has 19 heavy (non-hydrogen) atoms. The molecule has 0 bridgehead atoms. The lowest BCUT2D eigenvalue weighted by atomic mass is 10.1. The maximum atomic E-state index is 13.6. The van der Waals surface area contributed by atoms with Gasteiger partial charge in [-0.05, 0) is 37.8 Å². The third-order valence-electron chi connectivity index (χ3n) is 2.56. The molecule has 0 heterocycles. The summed E-state index contributed by atoms with van der Waals surface area (Å²) in [7, 11) is -3.69. The Labute approximate surface area is 117 Å². The van der Waals surface area contributed by atoms with E-state index in [1.165, 1.54) is 24.8 Å². The molecule has 0 aliphatic carbocycles. The lowest BCUT2D eigenvalue weighted by Gasteiger charge is -2.14. The van der Waals surface area contributed by atoms with Gasteiger partial charge < -0.3 is 5.11 Å². The van der Waals surface area contributed by atoms with Crippen LogP contribution in [0.4, 0.5) is 4.39 Å². The van der Waals surface area contributed by atoms with Crippen LogP contribution in [0.1, 0.15) is 18.1 Å². The summed E-state index contributed by atoms with van der Waals surface area (Å²) in [5.41, 5.74) is 0.183. The molecular formula is C12H18FNO3S2. The van der Waals surface area contributed by atoms with Gasteiger partial charge in [-0.3, -0.25) is 0 Å². The first-order chi connectivity index (χ1) is 8.81. The van der Waals surface area contributed by atoms with Gasteiger partial charge in [0.1, 0.15) is 5.82 Å². The standard InChI is InChI=1S/C12H18FNO3S2/c1-8-4-11(5-10(6-15)12(8)13)19(16,17)14-9(2)7-18-3/h4-5,9,14-15H,6-7H2,1-3H3. The molecule has 2 N–H and O–H groups in total. The highest BCUT2D eigenvalue weighted by Gasteiger charge is 2.20. The van der Waals surface area contributed by atoms with Crippen LogP contribution in [0.3, 0.4) is 0 Å². The molecule has 108 valence electrons. The fourth-order valence-electron chi connectivity index (χ4n) is 1.69. The highest BCUT2D eigenvalue weighted by Crippen LogP contribution is 2.19. The van der Waals surface area contributed by atoms with Crippen LogP contribution in [0.2, 0.25) is 0 Å². The van der Waals surface area contributed by atoms with E-state index in [0.29, 0.717) is 5.75 Å². The SMILES string of the molecule is CSCC(C)NS(=O)(=O)c1cc(C)c(F)c(CO)c1. The van der Waals surface area contributed by atoms with E-state index < -0.39 is 22.4 Å². The minimum absolute atomic E-state index is 0.0158. The second-order valence-electron chi connectivity index (χ2n) is 4.35. The van der Waals surface area contributed by atoms with Crippen LogP contribution in [0, 0.1) is 12.7 Å². The molecule has 0 saturated heterocycles. The van der Waals surface area contributed by atoms with Gasteiger partial charge in [0.15, 0.2) is 0 Å². The summed E-state index contributed by atoms with van der Waals surface area (Å²) in [4.78, 5) is -0.0246. The summed E-state index contributed by atoms with van der Waals surface area (Å²) in [6.07, 6.45) is 1.89. The van der Waals surface area contributed by atoms with Crippen molar-refractivity contribution in [2.75, 3.05) is 12.0 Å². The molecule has 1 atom stereocenters. The third-order valence-corrected chi connectivity index (χ3v) is 4.96. The second kappa shape index (κ2) is 6.69. The summed E-state index contributed by atoms with van der Waals surface area (Å²) in [5, 5.41) is 9.04. The van der Waals surface area contributed by atoms with E-state index in [-0.39, 0.29) is 22.1 Å². The van der Waals surface area contributed by atoms with Crippen molar-refractivity contribution in [2.45, 2.75) is 31.4 Å². The normalized spacial score (nSPS) is 13.5. The van der Waals surface area contributed by atoms with Crippen molar-refractivity contribution in [1.29, 1.82) is 0 Å². The number of sulfonamides is 1. The Morgan fingerprint density at radius 2 is 2.11 bits per heavy atom. The van der Waals surface area contributed by atoms with E-state index in [2.05, 4.69) is 4.72 Å². The number of hydrogen-bond acceptors (Lipinski definition) is 4. The van der Waals surface area contributed by atoms with Crippen molar-refractivity contribution in [3.8, 4) is 0 Å². The number of thioether (sulfide) groups is 1. The van der Waals surface area contributed by atoms with Crippen LogP contribution in [-0.4, -0.2) is 31.6 Å². The molecule has 0 fully saturated rings. The fourth-order valence-corrected chi connectivity index (χ4v) is 3.76. The van der Waals surface area contributed by atoms with E-state index in [1.54, 1.807) is 6.92 Å². The van der Waals surface area contributed by atoms with Gasteiger partial charge in [-0.25, -0.2) is 17.5 Å². The predicted molar refractivity (Wildman–Crippen MR) is 75.2 cm³/mol. The van der Waals surface area contributed by atoms with Crippen LogP contribution in [0.5, 0.6) is 0 Å². The summed E-state index contributed by atoms with van der Waals surface area (Å²) < 4.78 is 40.3. The first kappa shape index (κ1) is 16.4. The van der Waals surface area contributed by atoms with Crippen LogP contribution in [0.25, 0.3) is 0 Å². The zero-order valence-corrected chi connectivity index (χ0v) is 12.7. The van der Waals surface area contributed by atoms with Crippen molar-refractivity contribution >= 4 is 21.8 Å². The van der Waals surface area contributed by atoms with Gasteiger partial charge in [0, 0.05) is 17.4 Å². The molecular weight excluding hydrogens is 289 g/mol. The summed E-state index contributed by atoms with van der Waals surface area (Å²) in [6.45, 7) is 2.70. The second-order valence-corrected chi connectivity index (χ2v) is 6.97. The summed E-state index contributed by atoms with van der Waals surface area (Å²) in [5.74, 6) is 0.0744. The Bertz CT molecular complexity index is 546. The quantitative estimate of drug-likeness (QED) is 0.839. The minimum Gasteiger partial charge on any atom is -0.392 e. The first-order valence-corrected chi connectivity index (χ1v) is 8.60. The summed E-state index contributed by atoms with van der Waals surface area (Å²) >= 11 is 1.53. The Morgan fingerprint density at radius 3 is 2.63 bits per heavy atom. The maximum Gasteiger partial charge on any atom is 0.240 e. The molecule has 7 heteroatoms. The van der Waals surface area contributed by atoms with Crippen LogP contribution in [-0.2, 0) is 16.6 Å². The number of nitrogens with one attached hydrogen (secondary N) is 1. The minimum atomic E-state index is -3.69. The highest BCUT2D eigenvalue weighted by molar-refractivity contribution is 7.98. The number of benzene rings is 1. The molecule has 1 unspecified atom stereocenters. The predicted octanol–water partition coefficient (Wildman–Crippen LogP) is 1.66. The van der Waals surface area contributed by atoms with E-state index >= 15 is 0 Å². The van der Waals surface area contributed by atoms with Crippen LogP contribution < -0.4 is 4.72 Å². The van der Waals surface area contributed by atoms with Crippen molar-refractivity contribution in [1.82, 2.24) is 4.72 Å². The molecule has 0 aromatic heterocycles. The molecule has 0 aliphatic heterocycles. The topological polar surface area (TPSA) is 66.4 Å². The van der Waals surface area contributed by atoms with E-state index in [1.807, 2.05) is 6.26 Å². The lowest BCUT2D eigenvalue weighted by molar-refractivity contribution is 0.275.